The summed E-state index contributed by atoms with van der Waals surface area (Å²) in [6.45, 7) is 3.53. The molecular weight excluding hydrogens is 340 g/mol. The number of likely N-dealkylation sites (tertiary alicyclic amines) is 2. The normalized spacial score (nSPS) is 27.4. The molecule has 1 aromatic carbocycles. The average Bonchev–Trinajstić information content (AvgIpc) is 3.08. The van der Waals surface area contributed by atoms with Gasteiger partial charge in [-0.05, 0) is 56.3 Å². The molecule has 148 valence electrons. The van der Waals surface area contributed by atoms with Crippen LogP contribution >= 0.6 is 0 Å². The number of phenols is 1. The lowest BCUT2D eigenvalue weighted by Gasteiger charge is -2.44. The molecule has 4 rings (SSSR count). The highest BCUT2D eigenvalue weighted by atomic mass is 16.5. The van der Waals surface area contributed by atoms with E-state index < -0.39 is 0 Å². The summed E-state index contributed by atoms with van der Waals surface area (Å²) in [5.74, 6) is 1.10. The second kappa shape index (κ2) is 7.70. The minimum Gasteiger partial charge on any atom is -0.504 e. The summed E-state index contributed by atoms with van der Waals surface area (Å²) in [5, 5.41) is 10.0. The molecule has 5 nitrogen and oxygen atoms in total. The van der Waals surface area contributed by atoms with Crippen molar-refractivity contribution in [1.82, 2.24) is 9.80 Å². The quantitative estimate of drug-likeness (QED) is 0.878. The van der Waals surface area contributed by atoms with Gasteiger partial charge in [-0.2, -0.15) is 0 Å². The van der Waals surface area contributed by atoms with Crippen LogP contribution in [-0.2, 0) is 11.3 Å². The van der Waals surface area contributed by atoms with Gasteiger partial charge in [-0.3, -0.25) is 9.69 Å². The van der Waals surface area contributed by atoms with Gasteiger partial charge >= 0.3 is 0 Å². The molecule has 2 aliphatic heterocycles. The molecule has 1 aliphatic carbocycles. The Bertz CT molecular complexity index is 686. The summed E-state index contributed by atoms with van der Waals surface area (Å²) in [6, 6.07) is 6.07. The highest BCUT2D eigenvalue weighted by Crippen LogP contribution is 2.42. The third-order valence-electron chi connectivity index (χ3n) is 6.87. The lowest BCUT2D eigenvalue weighted by molar-refractivity contribution is -0.149. The number of carbonyl (C=O) groups excluding carboxylic acids is 1. The van der Waals surface area contributed by atoms with Crippen molar-refractivity contribution in [2.24, 2.45) is 5.41 Å². The number of methoxy groups -OCH3 is 1. The third-order valence-corrected chi connectivity index (χ3v) is 6.87. The van der Waals surface area contributed by atoms with Crippen molar-refractivity contribution in [1.29, 1.82) is 0 Å². The minimum absolute atomic E-state index is 0.176. The number of rotatable bonds is 4. The van der Waals surface area contributed by atoms with Gasteiger partial charge in [-0.15, -0.1) is 0 Å². The Morgan fingerprint density at radius 2 is 1.96 bits per heavy atom. The van der Waals surface area contributed by atoms with E-state index in [1.54, 1.807) is 13.2 Å². The molecule has 1 atom stereocenters. The maximum Gasteiger partial charge on any atom is 0.230 e. The van der Waals surface area contributed by atoms with Gasteiger partial charge < -0.3 is 14.7 Å². The van der Waals surface area contributed by atoms with Crippen molar-refractivity contribution in [3.8, 4) is 11.5 Å². The van der Waals surface area contributed by atoms with E-state index in [0.717, 1.165) is 51.0 Å². The van der Waals surface area contributed by atoms with Gasteiger partial charge in [0, 0.05) is 25.7 Å². The summed E-state index contributed by atoms with van der Waals surface area (Å²) >= 11 is 0. The van der Waals surface area contributed by atoms with Crippen LogP contribution in [0.15, 0.2) is 18.2 Å². The summed E-state index contributed by atoms with van der Waals surface area (Å²) < 4.78 is 5.13. The Kier molecular flexibility index (Phi) is 5.31. The molecular formula is C22H32N2O3. The van der Waals surface area contributed by atoms with Crippen LogP contribution in [0.25, 0.3) is 0 Å². The van der Waals surface area contributed by atoms with Gasteiger partial charge in [-0.25, -0.2) is 0 Å². The minimum atomic E-state index is -0.176. The summed E-state index contributed by atoms with van der Waals surface area (Å²) in [4.78, 5) is 18.0. The van der Waals surface area contributed by atoms with E-state index in [0.29, 0.717) is 17.7 Å². The molecule has 27 heavy (non-hydrogen) atoms. The maximum absolute atomic E-state index is 13.4. The van der Waals surface area contributed by atoms with Crippen molar-refractivity contribution < 1.29 is 14.6 Å². The van der Waals surface area contributed by atoms with Gasteiger partial charge in [0.1, 0.15) is 0 Å². The molecule has 2 heterocycles. The summed E-state index contributed by atoms with van der Waals surface area (Å²) in [5.41, 5.74) is 0.891. The van der Waals surface area contributed by atoms with Gasteiger partial charge in [0.15, 0.2) is 11.5 Å². The van der Waals surface area contributed by atoms with E-state index >= 15 is 0 Å². The van der Waals surface area contributed by atoms with Crippen LogP contribution in [0.1, 0.15) is 56.9 Å². The van der Waals surface area contributed by atoms with Crippen molar-refractivity contribution in [2.75, 3.05) is 26.7 Å². The molecule has 1 N–H and O–H groups in total. The maximum atomic E-state index is 13.4. The zero-order valence-corrected chi connectivity index (χ0v) is 16.5. The Morgan fingerprint density at radius 3 is 2.70 bits per heavy atom. The predicted octanol–water partition coefficient (Wildman–Crippen LogP) is 3.55. The first-order chi connectivity index (χ1) is 13.1. The lowest BCUT2D eigenvalue weighted by Crippen LogP contribution is -2.54. The van der Waals surface area contributed by atoms with Crippen LogP contribution in [0.2, 0.25) is 0 Å². The van der Waals surface area contributed by atoms with E-state index in [4.69, 9.17) is 4.74 Å². The molecule has 1 aromatic rings. The smallest absolute Gasteiger partial charge is 0.230 e. The van der Waals surface area contributed by atoms with E-state index in [-0.39, 0.29) is 11.2 Å². The van der Waals surface area contributed by atoms with Gasteiger partial charge in [-0.1, -0.05) is 25.3 Å². The van der Waals surface area contributed by atoms with Gasteiger partial charge in [0.25, 0.3) is 0 Å². The summed E-state index contributed by atoms with van der Waals surface area (Å²) in [7, 11) is 1.56. The zero-order valence-electron chi connectivity index (χ0n) is 16.5. The van der Waals surface area contributed by atoms with Crippen LogP contribution in [-0.4, -0.2) is 53.6 Å². The van der Waals surface area contributed by atoms with E-state index in [1.165, 1.54) is 32.1 Å². The molecule has 0 aromatic heterocycles. The van der Waals surface area contributed by atoms with Crippen LogP contribution < -0.4 is 4.74 Å². The van der Waals surface area contributed by atoms with E-state index in [2.05, 4.69) is 9.80 Å². The molecule has 1 saturated carbocycles. The Balaban J connectivity index is 1.42. The first-order valence-corrected chi connectivity index (χ1v) is 10.5. The highest BCUT2D eigenvalue weighted by Gasteiger charge is 2.49. The molecule has 2 saturated heterocycles. The number of piperidine rings is 1. The molecule has 1 spiro atoms. The largest absolute Gasteiger partial charge is 0.504 e. The monoisotopic (exact) mass is 372 g/mol. The number of carbonyl (C=O) groups is 1. The number of nitrogens with zero attached hydrogens (tertiary/aromatic N) is 2. The number of aromatic hydroxyl groups is 1. The number of benzene rings is 1. The molecule has 5 heteroatoms. The van der Waals surface area contributed by atoms with Crippen LogP contribution in [0.3, 0.4) is 0 Å². The fraction of sp³-hybridized carbons (Fsp3) is 0.682. The fourth-order valence-corrected chi connectivity index (χ4v) is 5.41. The van der Waals surface area contributed by atoms with Crippen LogP contribution in [0.5, 0.6) is 11.5 Å². The van der Waals surface area contributed by atoms with Crippen molar-refractivity contribution in [3.05, 3.63) is 23.8 Å². The Labute approximate surface area is 162 Å². The average molecular weight is 373 g/mol. The van der Waals surface area contributed by atoms with Crippen LogP contribution in [0.4, 0.5) is 0 Å². The second-order valence-corrected chi connectivity index (χ2v) is 8.64. The number of amides is 1. The van der Waals surface area contributed by atoms with Crippen LogP contribution in [0, 0.1) is 5.41 Å². The van der Waals surface area contributed by atoms with Gasteiger partial charge in [0.2, 0.25) is 5.91 Å². The SMILES string of the molecule is COc1ccc(CN2CC[C@@]3(CCCN(C4CCCCC4)C3=O)C2)cc1O. The van der Waals surface area contributed by atoms with Crippen molar-refractivity contribution >= 4 is 5.91 Å². The van der Waals surface area contributed by atoms with Crippen molar-refractivity contribution in [3.63, 3.8) is 0 Å². The molecule has 0 radical (unpaired) electrons. The standard InChI is InChI=1S/C22H32N2O3/c1-27-20-9-8-17(14-19(20)25)15-23-13-11-22(16-23)10-5-12-24(21(22)26)18-6-3-2-4-7-18/h8-9,14,18,25H,2-7,10-13,15-16H2,1H3/t22-/m0/s1. The number of hydrogen-bond donors (Lipinski definition) is 1. The van der Waals surface area contributed by atoms with E-state index in [1.807, 2.05) is 12.1 Å². The van der Waals surface area contributed by atoms with Crippen molar-refractivity contribution in [2.45, 2.75) is 64.0 Å². The highest BCUT2D eigenvalue weighted by molar-refractivity contribution is 5.84. The fourth-order valence-electron chi connectivity index (χ4n) is 5.41. The Morgan fingerprint density at radius 1 is 1.15 bits per heavy atom. The molecule has 3 fully saturated rings. The Hall–Kier alpha value is -1.75. The molecule has 3 aliphatic rings. The third kappa shape index (κ3) is 3.66. The lowest BCUT2D eigenvalue weighted by atomic mass is 9.77. The number of hydrogen-bond acceptors (Lipinski definition) is 4. The predicted molar refractivity (Wildman–Crippen MR) is 105 cm³/mol. The molecule has 1 amide bonds. The first kappa shape index (κ1) is 18.6. The second-order valence-electron chi connectivity index (χ2n) is 8.64. The molecule has 0 bridgehead atoms. The molecule has 0 unspecified atom stereocenters. The first-order valence-electron chi connectivity index (χ1n) is 10.5. The van der Waals surface area contributed by atoms with E-state index in [9.17, 15) is 9.90 Å². The number of phenolic OH excluding ortho intramolecular Hbond substituents is 1. The number of ether oxygens (including phenoxy) is 1. The topological polar surface area (TPSA) is 53.0 Å². The summed E-state index contributed by atoms with van der Waals surface area (Å²) in [6.07, 6.45) is 9.39. The van der Waals surface area contributed by atoms with Gasteiger partial charge in [0.05, 0.1) is 12.5 Å². The zero-order chi connectivity index (χ0) is 18.9.